The molecule has 2 fully saturated rings. The molecule has 0 amide bonds. The van der Waals surface area contributed by atoms with E-state index in [0.717, 1.165) is 11.5 Å². The molecule has 0 N–H and O–H groups in total. The second-order valence-electron chi connectivity index (χ2n) is 5.87. The molecule has 2 saturated heterocycles. The van der Waals surface area contributed by atoms with Gasteiger partial charge >= 0.3 is 0 Å². The molecular weight excluding hydrogens is 236 g/mol. The molecule has 18 heavy (non-hydrogen) atoms. The molecule has 0 aromatic rings. The van der Waals surface area contributed by atoms with E-state index in [0.29, 0.717) is 6.42 Å². The van der Waals surface area contributed by atoms with E-state index in [9.17, 15) is 0 Å². The summed E-state index contributed by atoms with van der Waals surface area (Å²) < 4.78 is 29.0. The van der Waals surface area contributed by atoms with Crippen molar-refractivity contribution in [3.8, 4) is 0 Å². The second kappa shape index (κ2) is 3.62. The van der Waals surface area contributed by atoms with E-state index in [-0.39, 0.29) is 18.3 Å². The van der Waals surface area contributed by atoms with Crippen LogP contribution in [-0.2, 0) is 23.7 Å². The van der Waals surface area contributed by atoms with Crippen molar-refractivity contribution in [1.82, 2.24) is 0 Å². The van der Waals surface area contributed by atoms with E-state index in [4.69, 9.17) is 23.7 Å². The lowest BCUT2D eigenvalue weighted by Crippen LogP contribution is -2.41. The van der Waals surface area contributed by atoms with Crippen molar-refractivity contribution in [3.63, 3.8) is 0 Å². The van der Waals surface area contributed by atoms with Crippen molar-refractivity contribution >= 4 is 0 Å². The molecule has 0 radical (unpaired) electrons. The van der Waals surface area contributed by atoms with Crippen molar-refractivity contribution in [2.45, 2.75) is 64.0 Å². The fraction of sp³-hybridized carbons (Fsp3) is 0.846. The molecule has 3 aliphatic rings. The molecule has 2 heterocycles. The fourth-order valence-electron chi connectivity index (χ4n) is 2.88. The molecule has 0 aromatic carbocycles. The molecule has 0 bridgehead atoms. The van der Waals surface area contributed by atoms with Gasteiger partial charge in [-0.25, -0.2) is 0 Å². The van der Waals surface area contributed by atoms with Crippen LogP contribution in [0.15, 0.2) is 11.5 Å². The van der Waals surface area contributed by atoms with E-state index >= 15 is 0 Å². The zero-order valence-electron chi connectivity index (χ0n) is 11.5. The summed E-state index contributed by atoms with van der Waals surface area (Å²) in [5.74, 6) is 0.326. The molecule has 2 aliphatic heterocycles. The summed E-state index contributed by atoms with van der Waals surface area (Å²) in [5.41, 5.74) is 0. The van der Waals surface area contributed by atoms with E-state index in [2.05, 4.69) is 0 Å². The van der Waals surface area contributed by atoms with Crippen molar-refractivity contribution in [2.24, 2.45) is 0 Å². The maximum Gasteiger partial charge on any atom is 0.205 e. The Morgan fingerprint density at radius 3 is 2.44 bits per heavy atom. The van der Waals surface area contributed by atoms with E-state index < -0.39 is 11.6 Å². The standard InChI is InChI=1S/C13H20O5/c1-12(2)15-8-6-7(14-5)9-11(10(8)17-12)18-13(3,4)16-9/h8,10-11H,6H2,1-5H3/t8-,10-,11-/m1/s1. The van der Waals surface area contributed by atoms with Gasteiger partial charge in [0.05, 0.1) is 13.2 Å². The average Bonchev–Trinajstić information content (AvgIpc) is 2.71. The van der Waals surface area contributed by atoms with Gasteiger partial charge in [0, 0.05) is 20.3 Å². The lowest BCUT2D eigenvalue weighted by molar-refractivity contribution is -0.174. The monoisotopic (exact) mass is 256 g/mol. The molecule has 1 aliphatic carbocycles. The fourth-order valence-corrected chi connectivity index (χ4v) is 2.88. The predicted octanol–water partition coefficient (Wildman–Crippen LogP) is 1.92. The van der Waals surface area contributed by atoms with Crippen LogP contribution in [0.1, 0.15) is 34.1 Å². The summed E-state index contributed by atoms with van der Waals surface area (Å²) in [5, 5.41) is 0. The quantitative estimate of drug-likeness (QED) is 0.717. The lowest BCUT2D eigenvalue weighted by atomic mass is 9.95. The minimum absolute atomic E-state index is 0.0406. The van der Waals surface area contributed by atoms with E-state index in [1.54, 1.807) is 7.11 Å². The molecule has 0 unspecified atom stereocenters. The van der Waals surface area contributed by atoms with Gasteiger partial charge in [-0.15, -0.1) is 0 Å². The molecular formula is C13H20O5. The van der Waals surface area contributed by atoms with E-state index in [1.807, 2.05) is 27.7 Å². The van der Waals surface area contributed by atoms with E-state index in [1.165, 1.54) is 0 Å². The number of ether oxygens (including phenoxy) is 5. The van der Waals surface area contributed by atoms with Crippen LogP contribution < -0.4 is 0 Å². The third-order valence-electron chi connectivity index (χ3n) is 3.45. The Morgan fingerprint density at radius 1 is 1.06 bits per heavy atom. The highest BCUT2D eigenvalue weighted by atomic mass is 16.8. The largest absolute Gasteiger partial charge is 0.497 e. The van der Waals surface area contributed by atoms with Crippen LogP contribution in [0, 0.1) is 0 Å². The molecule has 5 heteroatoms. The van der Waals surface area contributed by atoms with Gasteiger partial charge < -0.3 is 23.7 Å². The molecule has 102 valence electrons. The van der Waals surface area contributed by atoms with Gasteiger partial charge in [-0.05, 0) is 13.8 Å². The third-order valence-corrected chi connectivity index (χ3v) is 3.45. The SMILES string of the molecule is COC1=C2OC(C)(C)O[C@H]2[C@@H]2OC(C)(C)O[C@@H]2C1. The minimum Gasteiger partial charge on any atom is -0.497 e. The van der Waals surface area contributed by atoms with Crippen LogP contribution in [0.25, 0.3) is 0 Å². The summed E-state index contributed by atoms with van der Waals surface area (Å²) in [6.07, 6.45) is 0.253. The molecule has 0 saturated carbocycles. The Morgan fingerprint density at radius 2 is 1.78 bits per heavy atom. The van der Waals surface area contributed by atoms with Gasteiger partial charge in [0.15, 0.2) is 17.7 Å². The zero-order valence-corrected chi connectivity index (χ0v) is 11.5. The topological polar surface area (TPSA) is 46.2 Å². The van der Waals surface area contributed by atoms with Gasteiger partial charge in [-0.1, -0.05) is 0 Å². The van der Waals surface area contributed by atoms with Crippen LogP contribution in [0.4, 0.5) is 0 Å². The first-order valence-corrected chi connectivity index (χ1v) is 6.31. The highest BCUT2D eigenvalue weighted by Crippen LogP contribution is 2.46. The first-order chi connectivity index (χ1) is 8.31. The Balaban J connectivity index is 1.94. The maximum absolute atomic E-state index is 5.94. The Labute approximate surface area is 107 Å². The number of fused-ring (bicyclic) bond motifs is 3. The van der Waals surface area contributed by atoms with Crippen LogP contribution in [0.5, 0.6) is 0 Å². The third kappa shape index (κ3) is 1.81. The van der Waals surface area contributed by atoms with Gasteiger partial charge in [-0.3, -0.25) is 0 Å². The number of methoxy groups -OCH3 is 1. The summed E-state index contributed by atoms with van der Waals surface area (Å²) in [7, 11) is 1.65. The Kier molecular flexibility index (Phi) is 2.47. The number of hydrogen-bond acceptors (Lipinski definition) is 5. The zero-order chi connectivity index (χ0) is 13.1. The highest BCUT2D eigenvalue weighted by molar-refractivity contribution is 5.21. The Bertz CT molecular complexity index is 398. The maximum atomic E-state index is 5.94. The average molecular weight is 256 g/mol. The normalized spacial score (nSPS) is 40.2. The summed E-state index contributed by atoms with van der Waals surface area (Å²) >= 11 is 0. The molecule has 0 spiro atoms. The summed E-state index contributed by atoms with van der Waals surface area (Å²) in [6.45, 7) is 7.61. The van der Waals surface area contributed by atoms with Gasteiger partial charge in [0.1, 0.15) is 11.9 Å². The van der Waals surface area contributed by atoms with Crippen LogP contribution in [0.2, 0.25) is 0 Å². The number of hydrogen-bond donors (Lipinski definition) is 0. The first kappa shape index (κ1) is 12.3. The van der Waals surface area contributed by atoms with Crippen LogP contribution in [-0.4, -0.2) is 37.0 Å². The lowest BCUT2D eigenvalue weighted by Gasteiger charge is -2.27. The minimum atomic E-state index is -0.644. The smallest absolute Gasteiger partial charge is 0.205 e. The van der Waals surface area contributed by atoms with Crippen LogP contribution in [0.3, 0.4) is 0 Å². The molecule has 3 atom stereocenters. The van der Waals surface area contributed by atoms with Crippen LogP contribution >= 0.6 is 0 Å². The van der Waals surface area contributed by atoms with Crippen molar-refractivity contribution < 1.29 is 23.7 Å². The molecule has 0 aromatic heterocycles. The van der Waals surface area contributed by atoms with Gasteiger partial charge in [-0.2, -0.15) is 0 Å². The Hall–Kier alpha value is -0.780. The number of rotatable bonds is 1. The predicted molar refractivity (Wildman–Crippen MR) is 62.5 cm³/mol. The molecule has 5 nitrogen and oxygen atoms in total. The summed E-state index contributed by atoms with van der Waals surface area (Å²) in [6, 6.07) is 0. The first-order valence-electron chi connectivity index (χ1n) is 6.31. The van der Waals surface area contributed by atoms with Crippen molar-refractivity contribution in [2.75, 3.05) is 7.11 Å². The van der Waals surface area contributed by atoms with Crippen molar-refractivity contribution in [3.05, 3.63) is 11.5 Å². The van der Waals surface area contributed by atoms with Gasteiger partial charge in [0.2, 0.25) is 5.79 Å². The van der Waals surface area contributed by atoms with Crippen molar-refractivity contribution in [1.29, 1.82) is 0 Å². The highest BCUT2D eigenvalue weighted by Gasteiger charge is 2.56. The molecule has 3 rings (SSSR count). The van der Waals surface area contributed by atoms with Gasteiger partial charge in [0.25, 0.3) is 0 Å². The second-order valence-corrected chi connectivity index (χ2v) is 5.87. The summed E-state index contributed by atoms with van der Waals surface area (Å²) in [4.78, 5) is 0.